The highest BCUT2D eigenvalue weighted by molar-refractivity contribution is 8.00. The van der Waals surface area contributed by atoms with Crippen LogP contribution in [0.3, 0.4) is 0 Å². The molecule has 94 valence electrons. The first-order valence-electron chi connectivity index (χ1n) is 6.77. The maximum Gasteiger partial charge on any atom is 0.0289 e. The van der Waals surface area contributed by atoms with Gasteiger partial charge >= 0.3 is 0 Å². The van der Waals surface area contributed by atoms with E-state index < -0.39 is 0 Å². The predicted octanol–water partition coefficient (Wildman–Crippen LogP) is 3.87. The van der Waals surface area contributed by atoms with E-state index in [1.54, 1.807) is 5.56 Å². The number of hydrogen-bond donors (Lipinski definition) is 1. The van der Waals surface area contributed by atoms with Crippen LogP contribution in [0, 0.1) is 0 Å². The molecule has 1 N–H and O–H groups in total. The van der Waals surface area contributed by atoms with Gasteiger partial charge in [0.15, 0.2) is 0 Å². The van der Waals surface area contributed by atoms with Crippen LogP contribution in [0.4, 0.5) is 0 Å². The molecule has 0 bridgehead atoms. The average molecular weight is 249 g/mol. The molecule has 0 fully saturated rings. The number of benzene rings is 1. The lowest BCUT2D eigenvalue weighted by molar-refractivity contribution is 0.478. The number of hydrogen-bond acceptors (Lipinski definition) is 2. The first-order chi connectivity index (χ1) is 8.35. The standard InChI is InChI=1S/C15H23NS/c1-3-4-5-9-13(16-2)15-11-12-8-6-7-10-14(12)17-15/h6-8,10,13,15-16H,3-5,9,11H2,1-2H3. The van der Waals surface area contributed by atoms with Crippen LogP contribution >= 0.6 is 11.8 Å². The third kappa shape index (κ3) is 3.26. The van der Waals surface area contributed by atoms with Crippen molar-refractivity contribution < 1.29 is 0 Å². The number of thioether (sulfide) groups is 1. The molecule has 0 aliphatic carbocycles. The molecule has 2 unspecified atom stereocenters. The Kier molecular flexibility index (Phi) is 4.93. The highest BCUT2D eigenvalue weighted by Gasteiger charge is 2.27. The normalized spacial score (nSPS) is 20.2. The Hall–Kier alpha value is -0.470. The molecule has 1 aliphatic heterocycles. The third-order valence-corrected chi connectivity index (χ3v) is 5.06. The minimum atomic E-state index is 0.666. The third-order valence-electron chi connectivity index (χ3n) is 3.61. The highest BCUT2D eigenvalue weighted by atomic mass is 32.2. The summed E-state index contributed by atoms with van der Waals surface area (Å²) in [7, 11) is 2.11. The van der Waals surface area contributed by atoms with Crippen molar-refractivity contribution in [2.75, 3.05) is 7.05 Å². The first kappa shape index (κ1) is 13.0. The maximum atomic E-state index is 3.52. The maximum absolute atomic E-state index is 3.52. The first-order valence-corrected chi connectivity index (χ1v) is 7.65. The van der Waals surface area contributed by atoms with Crippen LogP contribution in [0.5, 0.6) is 0 Å². The molecule has 1 nitrogen and oxygen atoms in total. The Morgan fingerprint density at radius 1 is 1.35 bits per heavy atom. The Morgan fingerprint density at radius 3 is 2.88 bits per heavy atom. The van der Waals surface area contributed by atoms with E-state index in [-0.39, 0.29) is 0 Å². The van der Waals surface area contributed by atoms with Gasteiger partial charge in [-0.05, 0) is 31.5 Å². The molecule has 1 heterocycles. The fourth-order valence-corrected chi connectivity index (χ4v) is 4.05. The molecule has 1 aromatic carbocycles. The van der Waals surface area contributed by atoms with E-state index in [1.807, 2.05) is 0 Å². The largest absolute Gasteiger partial charge is 0.316 e. The molecule has 2 heteroatoms. The van der Waals surface area contributed by atoms with E-state index in [2.05, 4.69) is 55.3 Å². The zero-order valence-electron chi connectivity index (χ0n) is 10.9. The lowest BCUT2D eigenvalue weighted by Crippen LogP contribution is -2.35. The van der Waals surface area contributed by atoms with Crippen molar-refractivity contribution in [1.82, 2.24) is 5.32 Å². The van der Waals surface area contributed by atoms with E-state index in [1.165, 1.54) is 37.0 Å². The van der Waals surface area contributed by atoms with Crippen molar-refractivity contribution in [3.05, 3.63) is 29.8 Å². The van der Waals surface area contributed by atoms with Crippen LogP contribution in [0.2, 0.25) is 0 Å². The number of rotatable bonds is 6. The van der Waals surface area contributed by atoms with Gasteiger partial charge in [0.25, 0.3) is 0 Å². The summed E-state index contributed by atoms with van der Waals surface area (Å²) >= 11 is 2.06. The topological polar surface area (TPSA) is 12.0 Å². The van der Waals surface area contributed by atoms with Crippen molar-refractivity contribution in [3.8, 4) is 0 Å². The number of nitrogens with one attached hydrogen (secondary N) is 1. The quantitative estimate of drug-likeness (QED) is 0.768. The van der Waals surface area contributed by atoms with Crippen molar-refractivity contribution in [1.29, 1.82) is 0 Å². The fraction of sp³-hybridized carbons (Fsp3) is 0.600. The molecule has 0 amide bonds. The molecular weight excluding hydrogens is 226 g/mol. The van der Waals surface area contributed by atoms with Crippen LogP contribution in [-0.2, 0) is 6.42 Å². The summed E-state index contributed by atoms with van der Waals surface area (Å²) in [5, 5.41) is 4.25. The minimum Gasteiger partial charge on any atom is -0.316 e. The summed E-state index contributed by atoms with van der Waals surface area (Å²) in [5.41, 5.74) is 1.54. The van der Waals surface area contributed by atoms with Gasteiger partial charge in [-0.3, -0.25) is 0 Å². The Bertz CT molecular complexity index is 326. The van der Waals surface area contributed by atoms with E-state index >= 15 is 0 Å². The Labute approximate surface area is 109 Å². The molecule has 2 atom stereocenters. The van der Waals surface area contributed by atoms with Crippen LogP contribution in [0.25, 0.3) is 0 Å². The van der Waals surface area contributed by atoms with E-state index in [0.29, 0.717) is 6.04 Å². The molecule has 17 heavy (non-hydrogen) atoms. The monoisotopic (exact) mass is 249 g/mol. The zero-order chi connectivity index (χ0) is 12.1. The van der Waals surface area contributed by atoms with Crippen LogP contribution in [-0.4, -0.2) is 18.3 Å². The van der Waals surface area contributed by atoms with Crippen LogP contribution in [0.1, 0.15) is 38.2 Å². The van der Waals surface area contributed by atoms with E-state index in [9.17, 15) is 0 Å². The van der Waals surface area contributed by atoms with Gasteiger partial charge in [0.2, 0.25) is 0 Å². The summed E-state index contributed by atoms with van der Waals surface area (Å²) < 4.78 is 0. The molecule has 0 spiro atoms. The number of fused-ring (bicyclic) bond motifs is 1. The summed E-state index contributed by atoms with van der Waals surface area (Å²) in [6.07, 6.45) is 6.58. The van der Waals surface area contributed by atoms with E-state index in [0.717, 1.165) is 5.25 Å². The van der Waals surface area contributed by atoms with Crippen LogP contribution < -0.4 is 5.32 Å². The molecule has 0 saturated carbocycles. The summed E-state index contributed by atoms with van der Waals surface area (Å²) in [6.45, 7) is 2.27. The van der Waals surface area contributed by atoms with Gasteiger partial charge in [-0.2, -0.15) is 0 Å². The lowest BCUT2D eigenvalue weighted by atomic mass is 10.0. The fourth-order valence-electron chi connectivity index (χ4n) is 2.56. The lowest BCUT2D eigenvalue weighted by Gasteiger charge is -2.22. The Morgan fingerprint density at radius 2 is 2.18 bits per heavy atom. The van der Waals surface area contributed by atoms with Gasteiger partial charge in [0.05, 0.1) is 0 Å². The van der Waals surface area contributed by atoms with Gasteiger partial charge in [-0.25, -0.2) is 0 Å². The molecule has 0 aromatic heterocycles. The Balaban J connectivity index is 1.91. The van der Waals surface area contributed by atoms with Gasteiger partial charge in [-0.15, -0.1) is 11.8 Å². The van der Waals surface area contributed by atoms with E-state index in [4.69, 9.17) is 0 Å². The molecular formula is C15H23NS. The van der Waals surface area contributed by atoms with Crippen molar-refractivity contribution >= 4 is 11.8 Å². The van der Waals surface area contributed by atoms with Gasteiger partial charge in [0, 0.05) is 16.2 Å². The molecule has 1 aromatic rings. The van der Waals surface area contributed by atoms with Crippen molar-refractivity contribution in [3.63, 3.8) is 0 Å². The molecule has 2 rings (SSSR count). The van der Waals surface area contributed by atoms with Crippen LogP contribution in [0.15, 0.2) is 29.2 Å². The summed E-state index contributed by atoms with van der Waals surface area (Å²) in [4.78, 5) is 1.49. The predicted molar refractivity (Wildman–Crippen MR) is 76.8 cm³/mol. The minimum absolute atomic E-state index is 0.666. The second-order valence-electron chi connectivity index (χ2n) is 4.86. The van der Waals surface area contributed by atoms with Gasteiger partial charge in [0.1, 0.15) is 0 Å². The van der Waals surface area contributed by atoms with Crippen molar-refractivity contribution in [2.45, 2.75) is 55.2 Å². The zero-order valence-corrected chi connectivity index (χ0v) is 11.7. The summed E-state index contributed by atoms with van der Waals surface area (Å²) in [6, 6.07) is 9.52. The molecule has 0 radical (unpaired) electrons. The second kappa shape index (κ2) is 6.46. The van der Waals surface area contributed by atoms with Gasteiger partial charge in [-0.1, -0.05) is 44.4 Å². The SMILES string of the molecule is CCCCCC(NC)C1Cc2ccccc2S1. The molecule has 0 saturated heterocycles. The highest BCUT2D eigenvalue weighted by Crippen LogP contribution is 2.39. The van der Waals surface area contributed by atoms with Gasteiger partial charge < -0.3 is 5.32 Å². The second-order valence-corrected chi connectivity index (χ2v) is 6.14. The molecule has 1 aliphatic rings. The number of unbranched alkanes of at least 4 members (excludes halogenated alkanes) is 2. The average Bonchev–Trinajstić information content (AvgIpc) is 2.78. The summed E-state index contributed by atoms with van der Waals surface area (Å²) in [5.74, 6) is 0. The smallest absolute Gasteiger partial charge is 0.0289 e. The van der Waals surface area contributed by atoms with Crippen molar-refractivity contribution in [2.24, 2.45) is 0 Å².